The van der Waals surface area contributed by atoms with Crippen molar-refractivity contribution in [2.75, 3.05) is 0 Å². The topological polar surface area (TPSA) is 0 Å². The summed E-state index contributed by atoms with van der Waals surface area (Å²) in [6.45, 7) is 6.99. The van der Waals surface area contributed by atoms with Gasteiger partial charge >= 0.3 is 0 Å². The number of aryl methyl sites for hydroxylation is 3. The molecule has 1 unspecified atom stereocenters. The highest BCUT2D eigenvalue weighted by atomic mass is 14.2. The Balaban J connectivity index is 1.40. The van der Waals surface area contributed by atoms with Crippen molar-refractivity contribution >= 4 is 0 Å². The van der Waals surface area contributed by atoms with Crippen LogP contribution in [0.4, 0.5) is 0 Å². The van der Waals surface area contributed by atoms with Crippen LogP contribution in [0.2, 0.25) is 0 Å². The lowest BCUT2D eigenvalue weighted by Gasteiger charge is -2.18. The second-order valence-electron chi connectivity index (χ2n) is 27.3. The lowest BCUT2D eigenvalue weighted by atomic mass is 9.87. The average Bonchev–Trinajstić information content (AvgIpc) is 3.50. The normalized spacial score (nSPS) is 12.1. The average molecular weight is 1120 g/mol. The summed E-state index contributed by atoms with van der Waals surface area (Å²) in [6, 6.07) is 19.5. The third kappa shape index (κ3) is 53.6. The first-order chi connectivity index (χ1) is 40.2. The van der Waals surface area contributed by atoms with Gasteiger partial charge in [0.15, 0.2) is 0 Å². The largest absolute Gasteiger partial charge is 0.0654 e. The fourth-order valence-corrected chi connectivity index (χ4v) is 13.6. The molecule has 0 saturated heterocycles. The first-order valence-electron chi connectivity index (χ1n) is 38.4. The molecule has 0 aliphatic rings. The van der Waals surface area contributed by atoms with Gasteiger partial charge in [-0.3, -0.25) is 0 Å². The highest BCUT2D eigenvalue weighted by Gasteiger charge is 2.12. The maximum Gasteiger partial charge on any atom is -0.0250 e. The lowest BCUT2D eigenvalue weighted by molar-refractivity contribution is 0.426. The van der Waals surface area contributed by atoms with Crippen LogP contribution >= 0.6 is 0 Å². The summed E-state index contributed by atoms with van der Waals surface area (Å²) in [4.78, 5) is 0. The van der Waals surface area contributed by atoms with Gasteiger partial charge in [-0.25, -0.2) is 0 Å². The first-order valence-corrected chi connectivity index (χ1v) is 38.4. The first kappa shape index (κ1) is 75.5. The van der Waals surface area contributed by atoms with Gasteiger partial charge in [0.2, 0.25) is 0 Å². The van der Waals surface area contributed by atoms with E-state index in [2.05, 4.69) is 69.3 Å². The van der Waals surface area contributed by atoms with Gasteiger partial charge in [0.05, 0.1) is 0 Å². The second kappa shape index (κ2) is 63.0. The minimum Gasteiger partial charge on any atom is -0.0654 e. The van der Waals surface area contributed by atoms with Crippen molar-refractivity contribution in [3.8, 4) is 0 Å². The Hall–Kier alpha value is -1.56. The Morgan fingerprint density at radius 3 is 0.654 bits per heavy atom. The number of hydrogen-bond donors (Lipinski definition) is 0. The van der Waals surface area contributed by atoms with Crippen LogP contribution < -0.4 is 0 Å². The van der Waals surface area contributed by atoms with Gasteiger partial charge in [-0.1, -0.05) is 442 Å². The number of hydrogen-bond acceptors (Lipinski definition) is 0. The molecule has 0 bridgehead atoms. The van der Waals surface area contributed by atoms with Gasteiger partial charge < -0.3 is 0 Å². The highest BCUT2D eigenvalue weighted by Crippen LogP contribution is 2.25. The van der Waals surface area contributed by atoms with Crippen LogP contribution in [-0.2, 0) is 25.7 Å². The smallest absolute Gasteiger partial charge is 0.0250 e. The Morgan fingerprint density at radius 2 is 0.395 bits per heavy atom. The van der Waals surface area contributed by atoms with Crippen LogP contribution in [0.3, 0.4) is 0 Å². The summed E-state index contributed by atoms with van der Waals surface area (Å²) < 4.78 is 0. The van der Waals surface area contributed by atoms with Crippen molar-refractivity contribution in [1.29, 1.82) is 0 Å². The van der Waals surface area contributed by atoms with E-state index in [-0.39, 0.29) is 0 Å². The number of benzene rings is 2. The predicted octanol–water partition coefficient (Wildman–Crippen LogP) is 29.0. The molecule has 0 N–H and O–H groups in total. The molecule has 2 aromatic rings. The lowest BCUT2D eigenvalue weighted by Crippen LogP contribution is -2.07. The van der Waals surface area contributed by atoms with Crippen molar-refractivity contribution in [2.24, 2.45) is 5.92 Å². The van der Waals surface area contributed by atoms with Crippen molar-refractivity contribution in [1.82, 2.24) is 0 Å². The molecule has 0 aromatic heterocycles. The van der Waals surface area contributed by atoms with E-state index < -0.39 is 0 Å². The summed E-state index contributed by atoms with van der Waals surface area (Å²) >= 11 is 0. The maximum absolute atomic E-state index is 2.58. The number of unbranched alkanes of at least 4 members (excludes halogenated alkanes) is 56. The zero-order valence-corrected chi connectivity index (χ0v) is 56.2. The molecule has 0 fully saturated rings. The zero-order chi connectivity index (χ0) is 57.5. The summed E-state index contributed by atoms with van der Waals surface area (Å²) in [7, 11) is 0. The van der Waals surface area contributed by atoms with Crippen molar-refractivity contribution in [3.05, 3.63) is 70.8 Å². The molecule has 0 aliphatic heterocycles. The molecule has 0 nitrogen and oxygen atoms in total. The van der Waals surface area contributed by atoms with E-state index in [1.54, 1.807) is 22.3 Å². The molecule has 2 rings (SSSR count). The van der Waals surface area contributed by atoms with Crippen LogP contribution in [-0.4, -0.2) is 0 Å². The van der Waals surface area contributed by atoms with Crippen LogP contribution in [0.15, 0.2) is 48.5 Å². The van der Waals surface area contributed by atoms with Gasteiger partial charge in [0.1, 0.15) is 0 Å². The standard InChI is InChI=1S/C81H148/c1-4-7-10-12-14-16-18-20-22-24-26-28-30-32-34-36-38-40-42-44-46-48-50-52-54-56-58-61-66-77-68-63-70-80(74-77)73-72-79(65-60-9-6-3)76-81-71-64-69-78(75-81)67-62-59-57-55-53-51-49-47-45-43-41-39-37-35-33-31-29-27-25-23-21-19-17-15-13-11-8-5-2/h63-64,68-71,74-75,79H,4-62,65-67,72-73,76H2,1-3H3. The third-order valence-electron chi connectivity index (χ3n) is 19.2. The monoisotopic (exact) mass is 1120 g/mol. The van der Waals surface area contributed by atoms with Crippen LogP contribution in [0.5, 0.6) is 0 Å². The van der Waals surface area contributed by atoms with Crippen molar-refractivity contribution < 1.29 is 0 Å². The zero-order valence-electron chi connectivity index (χ0n) is 56.2. The quantitative estimate of drug-likeness (QED) is 0.0579. The van der Waals surface area contributed by atoms with E-state index in [0.717, 1.165) is 5.92 Å². The molecule has 0 heterocycles. The summed E-state index contributed by atoms with van der Waals surface area (Å²) in [6.07, 6.45) is 93.9. The van der Waals surface area contributed by atoms with Crippen LogP contribution in [0.25, 0.3) is 0 Å². The van der Waals surface area contributed by atoms with E-state index in [1.807, 2.05) is 0 Å². The Morgan fingerprint density at radius 1 is 0.198 bits per heavy atom. The van der Waals surface area contributed by atoms with Gasteiger partial charge in [-0.15, -0.1) is 0 Å². The predicted molar refractivity (Wildman–Crippen MR) is 370 cm³/mol. The Bertz CT molecular complexity index is 1480. The summed E-state index contributed by atoms with van der Waals surface area (Å²) in [5.74, 6) is 0.794. The van der Waals surface area contributed by atoms with Crippen LogP contribution in [0, 0.1) is 5.92 Å². The van der Waals surface area contributed by atoms with E-state index in [0.29, 0.717) is 0 Å². The van der Waals surface area contributed by atoms with Gasteiger partial charge in [0, 0.05) is 0 Å². The van der Waals surface area contributed by atoms with E-state index in [1.165, 1.54) is 417 Å². The van der Waals surface area contributed by atoms with Crippen LogP contribution in [0.1, 0.15) is 435 Å². The van der Waals surface area contributed by atoms with Crippen molar-refractivity contribution in [2.45, 2.75) is 438 Å². The van der Waals surface area contributed by atoms with E-state index in [4.69, 9.17) is 0 Å². The minimum absolute atomic E-state index is 0.794. The molecule has 0 spiro atoms. The highest BCUT2D eigenvalue weighted by molar-refractivity contribution is 5.25. The van der Waals surface area contributed by atoms with Crippen molar-refractivity contribution in [3.63, 3.8) is 0 Å². The summed E-state index contributed by atoms with van der Waals surface area (Å²) in [5, 5.41) is 0. The van der Waals surface area contributed by atoms with Gasteiger partial charge in [0.25, 0.3) is 0 Å². The molecule has 2 aromatic carbocycles. The van der Waals surface area contributed by atoms with Gasteiger partial charge in [-0.05, 0) is 73.1 Å². The fourth-order valence-electron chi connectivity index (χ4n) is 13.6. The summed E-state index contributed by atoms with van der Waals surface area (Å²) in [5.41, 5.74) is 6.33. The molecule has 472 valence electrons. The molecular formula is C81H148. The SMILES string of the molecule is CCCCCCCCCCCCCCCCCCCCCCCCCCCCCCc1cccc(CCC(CCCCC)Cc2cccc(CCCCCCCCCCCCCCCCCCCCCCCCCCCCCC)c2)c1. The minimum atomic E-state index is 0.794. The Labute approximate surface area is 512 Å². The molecule has 0 amide bonds. The molecular weight excluding hydrogens is 973 g/mol. The third-order valence-corrected chi connectivity index (χ3v) is 19.2. The fraction of sp³-hybridized carbons (Fsp3) is 0.852. The van der Waals surface area contributed by atoms with E-state index >= 15 is 0 Å². The molecule has 1 atom stereocenters. The molecule has 81 heavy (non-hydrogen) atoms. The number of rotatable bonds is 67. The Kier molecular flexibility index (Phi) is 58.7. The van der Waals surface area contributed by atoms with Gasteiger partial charge in [-0.2, -0.15) is 0 Å². The van der Waals surface area contributed by atoms with E-state index in [9.17, 15) is 0 Å². The second-order valence-corrected chi connectivity index (χ2v) is 27.3. The maximum atomic E-state index is 2.58. The molecule has 0 saturated carbocycles. The molecule has 0 aliphatic carbocycles. The molecule has 0 radical (unpaired) electrons. The molecule has 0 heteroatoms.